The van der Waals surface area contributed by atoms with Crippen molar-refractivity contribution >= 4 is 28.5 Å². The average molecular weight is 485 g/mol. The third-order valence-electron chi connectivity index (χ3n) is 4.31. The highest BCUT2D eigenvalue weighted by atomic mass is 32.1. The number of halogens is 1. The van der Waals surface area contributed by atoms with Gasteiger partial charge in [-0.25, -0.2) is 20.2 Å². The van der Waals surface area contributed by atoms with E-state index in [1.807, 2.05) is 53.0 Å². The van der Waals surface area contributed by atoms with Gasteiger partial charge in [-0.1, -0.05) is 76.0 Å². The molecular weight excluding hydrogens is 447 g/mol. The van der Waals surface area contributed by atoms with Crippen molar-refractivity contribution in [3.05, 3.63) is 71.2 Å². The number of aromatic nitrogens is 1. The number of hydrogen-bond donors (Lipinski definition) is 2. The Morgan fingerprint density at radius 3 is 2.47 bits per heavy atom. The SMILES string of the molecule is C=C(CC/C(C)=C/N=CC)C(=C\C=C/CC)/C(=N/c1nc(C(C)(C)C)c(C#N)s1)NN.C=CF. The third-order valence-corrected chi connectivity index (χ3v) is 5.16. The first-order valence-electron chi connectivity index (χ1n) is 11.0. The molecule has 1 heterocycles. The minimum absolute atomic E-state index is 0.247. The standard InChI is InChI=1S/C24H34N6S.C2H3F/c1-8-10-11-12-19(18(4)14-13-17(3)16-27-9-2)22(30-26)29-23-28-21(24(5,6)7)20(15-25)31-23;1-2-3/h9-12,16H,4,8,13-14,26H2,1-3,5-7H3,(H,28,29,30);2H,1H2/b11-10-,17-16+,19-12+,27-9?;. The van der Waals surface area contributed by atoms with E-state index in [9.17, 15) is 9.65 Å². The van der Waals surface area contributed by atoms with Gasteiger partial charge >= 0.3 is 0 Å². The molecule has 0 fully saturated rings. The zero-order chi connectivity index (χ0) is 26.1. The lowest BCUT2D eigenvalue weighted by Gasteiger charge is -2.15. The minimum Gasteiger partial charge on any atom is -0.308 e. The van der Waals surface area contributed by atoms with E-state index >= 15 is 0 Å². The summed E-state index contributed by atoms with van der Waals surface area (Å²) in [7, 11) is 0. The number of aliphatic imine (C=N–C) groups is 2. The first-order chi connectivity index (χ1) is 16.1. The van der Waals surface area contributed by atoms with Gasteiger partial charge in [0.1, 0.15) is 10.9 Å². The highest BCUT2D eigenvalue weighted by molar-refractivity contribution is 7.16. The van der Waals surface area contributed by atoms with Gasteiger partial charge in [0.05, 0.1) is 12.0 Å². The maximum absolute atomic E-state index is 10.1. The summed E-state index contributed by atoms with van der Waals surface area (Å²) < 4.78 is 10.1. The predicted molar refractivity (Wildman–Crippen MR) is 145 cm³/mol. The van der Waals surface area contributed by atoms with Crippen LogP contribution in [0, 0.1) is 11.3 Å². The Morgan fingerprint density at radius 2 is 2.00 bits per heavy atom. The largest absolute Gasteiger partial charge is 0.308 e. The molecule has 0 spiro atoms. The van der Waals surface area contributed by atoms with Gasteiger partial charge in [0, 0.05) is 23.4 Å². The van der Waals surface area contributed by atoms with Gasteiger partial charge in [0.2, 0.25) is 5.13 Å². The zero-order valence-corrected chi connectivity index (χ0v) is 22.0. The number of rotatable bonds is 9. The molecule has 1 aromatic rings. The molecule has 0 saturated carbocycles. The number of nitrogens with one attached hydrogen (secondary N) is 1. The monoisotopic (exact) mass is 484 g/mol. The van der Waals surface area contributed by atoms with Gasteiger partial charge in [-0.05, 0) is 38.7 Å². The van der Waals surface area contributed by atoms with Crippen molar-refractivity contribution in [1.29, 1.82) is 5.26 Å². The molecule has 3 N–H and O–H groups in total. The average Bonchev–Trinajstić information content (AvgIpc) is 3.22. The number of nitrogens with two attached hydrogens (primary N) is 1. The van der Waals surface area contributed by atoms with E-state index in [1.165, 1.54) is 11.3 Å². The molecule has 0 saturated heterocycles. The number of hydrazine groups is 1. The summed E-state index contributed by atoms with van der Waals surface area (Å²) in [6.07, 6.45) is 12.3. The van der Waals surface area contributed by atoms with E-state index < -0.39 is 0 Å². The Labute approximate surface area is 207 Å². The van der Waals surface area contributed by atoms with E-state index in [2.05, 4.69) is 52.6 Å². The predicted octanol–water partition coefficient (Wildman–Crippen LogP) is 7.13. The molecule has 0 atom stereocenters. The summed E-state index contributed by atoms with van der Waals surface area (Å²) >= 11 is 1.26. The highest BCUT2D eigenvalue weighted by Crippen LogP contribution is 2.33. The number of nitrogens with zero attached hydrogens (tertiary/aromatic N) is 4. The molecule has 0 bridgehead atoms. The summed E-state index contributed by atoms with van der Waals surface area (Å²) in [4.78, 5) is 14.0. The van der Waals surface area contributed by atoms with Crippen molar-refractivity contribution in [3.63, 3.8) is 0 Å². The molecule has 0 aromatic carbocycles. The topological polar surface area (TPSA) is 99.4 Å². The maximum atomic E-state index is 10.1. The Morgan fingerprint density at radius 1 is 1.35 bits per heavy atom. The van der Waals surface area contributed by atoms with Crippen LogP contribution in [0.1, 0.15) is 71.4 Å². The first kappa shape index (κ1) is 30.9. The molecule has 0 radical (unpaired) electrons. The zero-order valence-electron chi connectivity index (χ0n) is 21.2. The molecule has 1 aromatic heterocycles. The van der Waals surface area contributed by atoms with Crippen LogP contribution in [0.5, 0.6) is 0 Å². The fourth-order valence-electron chi connectivity index (χ4n) is 2.62. The highest BCUT2D eigenvalue weighted by Gasteiger charge is 2.23. The lowest BCUT2D eigenvalue weighted by molar-refractivity contribution is 0.572. The lowest BCUT2D eigenvalue weighted by atomic mass is 9.91. The van der Waals surface area contributed by atoms with Crippen molar-refractivity contribution < 1.29 is 4.39 Å². The molecule has 0 aliphatic rings. The summed E-state index contributed by atoms with van der Waals surface area (Å²) in [5.74, 6) is 6.31. The molecule has 0 aliphatic heterocycles. The summed E-state index contributed by atoms with van der Waals surface area (Å²) in [6.45, 7) is 19.0. The summed E-state index contributed by atoms with van der Waals surface area (Å²) in [5.41, 5.74) is 6.06. The van der Waals surface area contributed by atoms with E-state index in [4.69, 9.17) is 5.84 Å². The van der Waals surface area contributed by atoms with Gasteiger partial charge in [-0.15, -0.1) is 0 Å². The van der Waals surface area contributed by atoms with Gasteiger partial charge in [-0.2, -0.15) is 5.26 Å². The third kappa shape index (κ3) is 11.1. The second-order valence-corrected chi connectivity index (χ2v) is 9.18. The number of amidine groups is 1. The van der Waals surface area contributed by atoms with Crippen LogP contribution in [0.25, 0.3) is 0 Å². The van der Waals surface area contributed by atoms with Gasteiger partial charge in [0.25, 0.3) is 0 Å². The van der Waals surface area contributed by atoms with Crippen LogP contribution in [-0.4, -0.2) is 17.0 Å². The van der Waals surface area contributed by atoms with Crippen LogP contribution in [0.15, 0.2) is 70.6 Å². The van der Waals surface area contributed by atoms with E-state index in [0.29, 0.717) is 15.8 Å². The van der Waals surface area contributed by atoms with Crippen LogP contribution in [0.3, 0.4) is 0 Å². The Hall–Kier alpha value is -3.15. The minimum atomic E-state index is -0.247. The fourth-order valence-corrected chi connectivity index (χ4v) is 3.57. The smallest absolute Gasteiger partial charge is 0.212 e. The number of hydrogen-bond acceptors (Lipinski definition) is 6. The molecule has 184 valence electrons. The van der Waals surface area contributed by atoms with Crippen LogP contribution in [-0.2, 0) is 5.41 Å². The molecular formula is C26H37FN6S. The van der Waals surface area contributed by atoms with Crippen LogP contribution < -0.4 is 11.3 Å². The molecule has 34 heavy (non-hydrogen) atoms. The Balaban J connectivity index is 0.00000343. The van der Waals surface area contributed by atoms with Gasteiger partial charge < -0.3 is 5.43 Å². The van der Waals surface area contributed by atoms with Crippen molar-refractivity contribution in [3.8, 4) is 6.07 Å². The van der Waals surface area contributed by atoms with Gasteiger partial charge in [-0.3, -0.25) is 4.99 Å². The summed E-state index contributed by atoms with van der Waals surface area (Å²) in [5, 5.41) is 9.98. The molecule has 8 heteroatoms. The van der Waals surface area contributed by atoms with Gasteiger partial charge in [0.15, 0.2) is 5.84 Å². The maximum Gasteiger partial charge on any atom is 0.212 e. The van der Waals surface area contributed by atoms with Crippen molar-refractivity contribution in [1.82, 2.24) is 10.4 Å². The lowest BCUT2D eigenvalue weighted by Crippen LogP contribution is -2.32. The quantitative estimate of drug-likeness (QED) is 0.128. The Bertz CT molecular complexity index is 997. The molecule has 0 amide bonds. The molecule has 0 aliphatic carbocycles. The van der Waals surface area contributed by atoms with Crippen molar-refractivity contribution in [2.75, 3.05) is 0 Å². The molecule has 0 unspecified atom stereocenters. The summed E-state index contributed by atoms with van der Waals surface area (Å²) in [6, 6.07) is 2.23. The van der Waals surface area contributed by atoms with Crippen LogP contribution >= 0.6 is 11.3 Å². The van der Waals surface area contributed by atoms with Crippen molar-refractivity contribution in [2.45, 2.75) is 66.2 Å². The molecule has 1 rings (SSSR count). The Kier molecular flexibility index (Phi) is 14.9. The van der Waals surface area contributed by atoms with Crippen LogP contribution in [0.4, 0.5) is 9.52 Å². The number of allylic oxidation sites excluding steroid dienone is 4. The first-order valence-corrected chi connectivity index (χ1v) is 11.8. The fraction of sp³-hybridized carbons (Fsp3) is 0.385. The van der Waals surface area contributed by atoms with E-state index in [1.54, 1.807) is 6.21 Å². The number of thiazole rings is 1. The van der Waals surface area contributed by atoms with Crippen LogP contribution in [0.2, 0.25) is 0 Å². The molecule has 6 nitrogen and oxygen atoms in total. The second kappa shape index (κ2) is 16.5. The second-order valence-electron chi connectivity index (χ2n) is 8.20. The van der Waals surface area contributed by atoms with E-state index in [0.717, 1.165) is 41.7 Å². The normalized spacial score (nSPS) is 13.0. The van der Waals surface area contributed by atoms with Crippen molar-refractivity contribution in [2.24, 2.45) is 15.8 Å². The number of nitriles is 1. The van der Waals surface area contributed by atoms with E-state index in [-0.39, 0.29) is 11.7 Å².